The fourth-order valence-corrected chi connectivity index (χ4v) is 4.92. The van der Waals surface area contributed by atoms with E-state index in [0.29, 0.717) is 54.4 Å². The van der Waals surface area contributed by atoms with Gasteiger partial charge in [0.2, 0.25) is 10.0 Å². The molecule has 1 aromatic carbocycles. The molecular formula is C18H26BrN3O4S2. The molecule has 156 valence electrons. The van der Waals surface area contributed by atoms with Crippen LogP contribution in [0.25, 0.3) is 10.9 Å². The highest BCUT2D eigenvalue weighted by Crippen LogP contribution is 2.21. The summed E-state index contributed by atoms with van der Waals surface area (Å²) in [5.74, 6) is 0.634. The number of hydrogen-bond acceptors (Lipinski definition) is 6. The molecule has 2 rings (SSSR count). The number of hydrogen-bond donors (Lipinski definition) is 0. The van der Waals surface area contributed by atoms with E-state index in [1.54, 1.807) is 10.6 Å². The van der Waals surface area contributed by atoms with Gasteiger partial charge in [-0.15, -0.1) is 0 Å². The minimum absolute atomic E-state index is 0.0715. The van der Waals surface area contributed by atoms with E-state index in [1.807, 2.05) is 19.1 Å². The maximum atomic E-state index is 13.0. The molecular weight excluding hydrogens is 466 g/mol. The van der Waals surface area contributed by atoms with Gasteiger partial charge in [-0.3, -0.25) is 9.36 Å². The second-order valence-corrected chi connectivity index (χ2v) is 10.6. The summed E-state index contributed by atoms with van der Waals surface area (Å²) < 4.78 is 32.9. The van der Waals surface area contributed by atoms with Crippen LogP contribution in [0, 0.1) is 0 Å². The molecule has 0 aliphatic carbocycles. The molecule has 0 radical (unpaired) electrons. The molecule has 1 heterocycles. The van der Waals surface area contributed by atoms with E-state index in [-0.39, 0.29) is 11.3 Å². The summed E-state index contributed by atoms with van der Waals surface area (Å²) in [5, 5.41) is 1.17. The van der Waals surface area contributed by atoms with E-state index < -0.39 is 10.0 Å². The highest BCUT2D eigenvalue weighted by Gasteiger charge is 2.15. The molecule has 2 aromatic rings. The molecule has 0 atom stereocenters. The summed E-state index contributed by atoms with van der Waals surface area (Å²) in [6, 6.07) is 5.44. The van der Waals surface area contributed by atoms with Gasteiger partial charge < -0.3 is 4.74 Å². The van der Waals surface area contributed by atoms with Gasteiger partial charge in [0.05, 0.1) is 16.7 Å². The first-order valence-corrected chi connectivity index (χ1v) is 12.5. The predicted molar refractivity (Wildman–Crippen MR) is 118 cm³/mol. The summed E-state index contributed by atoms with van der Waals surface area (Å²) >= 11 is 4.82. The van der Waals surface area contributed by atoms with Gasteiger partial charge in [-0.05, 0) is 38.0 Å². The standard InChI is InChI=1S/C18H26BrN3O4S2/c1-4-26-10-5-9-22-17(23)15-13-14(19)7-8-16(15)20-18(22)27-11-6-12-28(24,25)21(2)3/h7-8,13H,4-6,9-12H2,1-3H3. The molecule has 0 saturated carbocycles. The highest BCUT2D eigenvalue weighted by atomic mass is 79.9. The van der Waals surface area contributed by atoms with Crippen molar-refractivity contribution in [2.45, 2.75) is 31.5 Å². The Balaban J connectivity index is 2.21. The number of benzene rings is 1. The molecule has 10 heteroatoms. The monoisotopic (exact) mass is 491 g/mol. The third-order valence-electron chi connectivity index (χ3n) is 4.09. The van der Waals surface area contributed by atoms with E-state index in [2.05, 4.69) is 20.9 Å². The van der Waals surface area contributed by atoms with E-state index in [4.69, 9.17) is 4.74 Å². The number of ether oxygens (including phenoxy) is 1. The van der Waals surface area contributed by atoms with Crippen LogP contribution in [-0.2, 0) is 21.3 Å². The largest absolute Gasteiger partial charge is 0.382 e. The van der Waals surface area contributed by atoms with Crippen LogP contribution in [0.5, 0.6) is 0 Å². The van der Waals surface area contributed by atoms with Crippen LogP contribution in [-0.4, -0.2) is 61.1 Å². The third kappa shape index (κ3) is 6.28. The van der Waals surface area contributed by atoms with Crippen molar-refractivity contribution in [1.29, 1.82) is 0 Å². The smallest absolute Gasteiger partial charge is 0.262 e. The lowest BCUT2D eigenvalue weighted by molar-refractivity contribution is 0.140. The van der Waals surface area contributed by atoms with Gasteiger partial charge in [-0.1, -0.05) is 27.7 Å². The Morgan fingerprint density at radius 1 is 1.29 bits per heavy atom. The second kappa shape index (κ2) is 10.7. The Kier molecular flexibility index (Phi) is 8.94. The number of thioether (sulfide) groups is 1. The summed E-state index contributed by atoms with van der Waals surface area (Å²) in [6.45, 7) is 3.65. The van der Waals surface area contributed by atoms with Crippen molar-refractivity contribution in [3.05, 3.63) is 33.0 Å². The fourth-order valence-electron chi connectivity index (χ4n) is 2.54. The number of aromatic nitrogens is 2. The number of fused-ring (bicyclic) bond motifs is 1. The maximum absolute atomic E-state index is 13.0. The number of rotatable bonds is 11. The summed E-state index contributed by atoms with van der Waals surface area (Å²) in [4.78, 5) is 17.6. The Morgan fingerprint density at radius 3 is 2.71 bits per heavy atom. The molecule has 0 aliphatic rings. The van der Waals surface area contributed by atoms with Crippen LogP contribution in [0.1, 0.15) is 19.8 Å². The van der Waals surface area contributed by atoms with E-state index >= 15 is 0 Å². The van der Waals surface area contributed by atoms with Gasteiger partial charge in [-0.2, -0.15) is 0 Å². The van der Waals surface area contributed by atoms with Crippen molar-refractivity contribution in [2.24, 2.45) is 0 Å². The van der Waals surface area contributed by atoms with Gasteiger partial charge in [0, 0.05) is 44.1 Å². The van der Waals surface area contributed by atoms with Crippen LogP contribution in [0.4, 0.5) is 0 Å². The summed E-state index contributed by atoms with van der Waals surface area (Å²) in [5.41, 5.74) is 0.545. The number of nitrogens with zero attached hydrogens (tertiary/aromatic N) is 3. The van der Waals surface area contributed by atoms with Crippen LogP contribution in [0.15, 0.2) is 32.6 Å². The van der Waals surface area contributed by atoms with Gasteiger partial charge in [0.1, 0.15) is 0 Å². The molecule has 0 fully saturated rings. The minimum atomic E-state index is -3.22. The first kappa shape index (κ1) is 23.3. The molecule has 7 nitrogen and oxygen atoms in total. The van der Waals surface area contributed by atoms with Crippen molar-refractivity contribution in [3.63, 3.8) is 0 Å². The van der Waals surface area contributed by atoms with Crippen LogP contribution >= 0.6 is 27.7 Å². The molecule has 28 heavy (non-hydrogen) atoms. The third-order valence-corrected chi connectivity index (χ3v) is 7.56. The average molecular weight is 492 g/mol. The predicted octanol–water partition coefficient (Wildman–Crippen LogP) is 2.96. The zero-order valence-corrected chi connectivity index (χ0v) is 19.6. The topological polar surface area (TPSA) is 81.5 Å². The number of halogens is 1. The minimum Gasteiger partial charge on any atom is -0.382 e. The zero-order valence-electron chi connectivity index (χ0n) is 16.4. The van der Waals surface area contributed by atoms with Crippen LogP contribution in [0.2, 0.25) is 0 Å². The van der Waals surface area contributed by atoms with Gasteiger partial charge >= 0.3 is 0 Å². The Morgan fingerprint density at radius 2 is 2.04 bits per heavy atom. The Hall–Kier alpha value is -0.940. The molecule has 0 spiro atoms. The maximum Gasteiger partial charge on any atom is 0.262 e. The van der Waals surface area contributed by atoms with Gasteiger partial charge in [-0.25, -0.2) is 17.7 Å². The SMILES string of the molecule is CCOCCCn1c(SCCCS(=O)(=O)N(C)C)nc2ccc(Br)cc2c1=O. The normalized spacial score (nSPS) is 12.2. The fraction of sp³-hybridized carbons (Fsp3) is 0.556. The van der Waals surface area contributed by atoms with E-state index in [1.165, 1.54) is 30.2 Å². The molecule has 0 N–H and O–H groups in total. The molecule has 1 aromatic heterocycles. The first-order chi connectivity index (χ1) is 13.3. The van der Waals surface area contributed by atoms with Crippen molar-refractivity contribution in [3.8, 4) is 0 Å². The van der Waals surface area contributed by atoms with Gasteiger partial charge in [0.25, 0.3) is 5.56 Å². The van der Waals surface area contributed by atoms with Crippen molar-refractivity contribution in [2.75, 3.05) is 38.8 Å². The first-order valence-electron chi connectivity index (χ1n) is 9.07. The second-order valence-electron chi connectivity index (χ2n) is 6.36. The lowest BCUT2D eigenvalue weighted by Crippen LogP contribution is -2.26. The Labute approximate surface area is 178 Å². The lowest BCUT2D eigenvalue weighted by atomic mass is 10.2. The van der Waals surface area contributed by atoms with Crippen LogP contribution in [0.3, 0.4) is 0 Å². The van der Waals surface area contributed by atoms with E-state index in [9.17, 15) is 13.2 Å². The van der Waals surface area contributed by atoms with Crippen molar-refractivity contribution >= 4 is 48.6 Å². The van der Waals surface area contributed by atoms with Crippen molar-refractivity contribution < 1.29 is 13.2 Å². The number of sulfonamides is 1. The van der Waals surface area contributed by atoms with E-state index in [0.717, 1.165) is 4.47 Å². The Bertz CT molecular complexity index is 961. The highest BCUT2D eigenvalue weighted by molar-refractivity contribution is 9.10. The quantitative estimate of drug-likeness (QED) is 0.273. The summed E-state index contributed by atoms with van der Waals surface area (Å²) in [6.07, 6.45) is 1.19. The molecule has 0 unspecified atom stereocenters. The van der Waals surface area contributed by atoms with Gasteiger partial charge in [0.15, 0.2) is 5.16 Å². The zero-order chi connectivity index (χ0) is 20.7. The molecule has 0 bridgehead atoms. The van der Waals surface area contributed by atoms with Crippen molar-refractivity contribution in [1.82, 2.24) is 13.9 Å². The lowest BCUT2D eigenvalue weighted by Gasteiger charge is -2.14. The molecule has 0 saturated heterocycles. The molecule has 0 aliphatic heterocycles. The average Bonchev–Trinajstić information content (AvgIpc) is 2.64. The molecule has 0 amide bonds. The van der Waals surface area contributed by atoms with Crippen LogP contribution < -0.4 is 5.56 Å². The summed E-state index contributed by atoms with van der Waals surface area (Å²) in [7, 11) is -0.163.